The molecule has 1 aliphatic rings. The van der Waals surface area contributed by atoms with Crippen LogP contribution in [0.4, 0.5) is 0 Å². The maximum Gasteiger partial charge on any atom is 0.269 e. The highest BCUT2D eigenvalue weighted by Gasteiger charge is 2.27. The van der Waals surface area contributed by atoms with Gasteiger partial charge in [0.2, 0.25) is 5.91 Å². The predicted molar refractivity (Wildman–Crippen MR) is 124 cm³/mol. The summed E-state index contributed by atoms with van der Waals surface area (Å²) in [6.45, 7) is 9.04. The molecule has 2 heterocycles. The lowest BCUT2D eigenvalue weighted by molar-refractivity contribution is -0.132. The van der Waals surface area contributed by atoms with Crippen LogP contribution in [-0.4, -0.2) is 34.2 Å². The summed E-state index contributed by atoms with van der Waals surface area (Å²) in [6.07, 6.45) is 6.58. The van der Waals surface area contributed by atoms with E-state index < -0.39 is 5.41 Å². The Labute approximate surface area is 185 Å². The Hall–Kier alpha value is -1.99. The summed E-state index contributed by atoms with van der Waals surface area (Å²) in [4.78, 5) is 40.7. The van der Waals surface area contributed by atoms with Gasteiger partial charge in [0.25, 0.3) is 5.56 Å². The highest BCUT2D eigenvalue weighted by atomic mass is 32.1. The molecule has 1 saturated carbocycles. The van der Waals surface area contributed by atoms with Crippen LogP contribution in [0, 0.1) is 11.3 Å². The summed E-state index contributed by atoms with van der Waals surface area (Å²) >= 11 is 2.84. The quantitative estimate of drug-likeness (QED) is 0.627. The number of aromatic nitrogens is 1. The minimum absolute atomic E-state index is 0.0250. The van der Waals surface area contributed by atoms with Gasteiger partial charge in [-0.3, -0.25) is 19.0 Å². The van der Waals surface area contributed by atoms with Crippen molar-refractivity contribution >= 4 is 46.5 Å². The SMILES string of the molecule is CCCN(CC1CC1)C(=O)Cn1c(=O)/c(=C\c2ccsc2)s/c1=C\C(=O)C(C)(C)C. The first-order chi connectivity index (χ1) is 14.2. The Morgan fingerprint density at radius 2 is 2.03 bits per heavy atom. The number of thiazole rings is 1. The van der Waals surface area contributed by atoms with Gasteiger partial charge in [0.1, 0.15) is 11.2 Å². The molecule has 2 aromatic rings. The van der Waals surface area contributed by atoms with Crippen molar-refractivity contribution in [3.8, 4) is 0 Å². The third-order valence-corrected chi connectivity index (χ3v) is 6.85. The van der Waals surface area contributed by atoms with Crippen molar-refractivity contribution in [2.24, 2.45) is 11.3 Å². The molecular weight excluding hydrogens is 416 g/mol. The van der Waals surface area contributed by atoms with Crippen LogP contribution in [0.25, 0.3) is 12.2 Å². The van der Waals surface area contributed by atoms with Gasteiger partial charge in [0, 0.05) is 24.6 Å². The molecule has 162 valence electrons. The van der Waals surface area contributed by atoms with Crippen LogP contribution in [0.5, 0.6) is 0 Å². The van der Waals surface area contributed by atoms with Crippen LogP contribution in [0.3, 0.4) is 0 Å². The van der Waals surface area contributed by atoms with Gasteiger partial charge in [0.15, 0.2) is 5.78 Å². The zero-order valence-corrected chi connectivity index (χ0v) is 19.8. The molecule has 0 unspecified atom stereocenters. The maximum absolute atomic E-state index is 13.1. The fourth-order valence-electron chi connectivity index (χ4n) is 3.07. The van der Waals surface area contributed by atoms with E-state index in [1.54, 1.807) is 11.3 Å². The van der Waals surface area contributed by atoms with Crippen LogP contribution in [-0.2, 0) is 16.1 Å². The van der Waals surface area contributed by atoms with Gasteiger partial charge < -0.3 is 4.90 Å². The van der Waals surface area contributed by atoms with Gasteiger partial charge in [-0.05, 0) is 53.6 Å². The minimum atomic E-state index is -0.549. The summed E-state index contributed by atoms with van der Waals surface area (Å²) in [7, 11) is 0. The first-order valence-corrected chi connectivity index (χ1v) is 12.2. The molecule has 1 aliphatic carbocycles. The number of ketones is 1. The zero-order valence-electron chi connectivity index (χ0n) is 18.1. The van der Waals surface area contributed by atoms with Crippen LogP contribution in [0.15, 0.2) is 21.6 Å². The molecule has 0 aliphatic heterocycles. The summed E-state index contributed by atoms with van der Waals surface area (Å²) in [5, 5.41) is 3.93. The lowest BCUT2D eigenvalue weighted by Gasteiger charge is -2.22. The van der Waals surface area contributed by atoms with E-state index in [9.17, 15) is 14.4 Å². The standard InChI is InChI=1S/C23H30N2O3S2/c1-5-9-24(13-16-6-7-16)20(27)14-25-21(12-19(26)23(2,3)4)30-18(22(25)28)11-17-8-10-29-15-17/h8,10-12,15-16H,5-7,9,13-14H2,1-4H3/b18-11+,21-12-. The normalized spacial score (nSPS) is 15.6. The first-order valence-electron chi connectivity index (χ1n) is 10.5. The highest BCUT2D eigenvalue weighted by molar-refractivity contribution is 7.08. The Kier molecular flexibility index (Phi) is 7.14. The molecule has 0 spiro atoms. The Morgan fingerprint density at radius 3 is 2.60 bits per heavy atom. The average molecular weight is 447 g/mol. The molecule has 0 radical (unpaired) electrons. The molecule has 0 N–H and O–H groups in total. The molecule has 0 bridgehead atoms. The van der Waals surface area contributed by atoms with Crippen molar-refractivity contribution in [3.63, 3.8) is 0 Å². The second kappa shape index (κ2) is 9.43. The lowest BCUT2D eigenvalue weighted by atomic mass is 9.91. The Morgan fingerprint density at radius 1 is 1.30 bits per heavy atom. The van der Waals surface area contributed by atoms with Crippen molar-refractivity contribution < 1.29 is 9.59 Å². The van der Waals surface area contributed by atoms with Crippen molar-refractivity contribution in [1.29, 1.82) is 0 Å². The number of hydrogen-bond acceptors (Lipinski definition) is 5. The van der Waals surface area contributed by atoms with Crippen LogP contribution < -0.4 is 14.8 Å². The second-order valence-electron chi connectivity index (χ2n) is 8.94. The molecule has 3 rings (SSSR count). The number of nitrogens with zero attached hydrogens (tertiary/aromatic N) is 2. The van der Waals surface area contributed by atoms with E-state index in [0.29, 0.717) is 21.7 Å². The number of Topliss-reactive ketones (excluding diaryl/α,β-unsaturated/α-hetero) is 1. The zero-order chi connectivity index (χ0) is 21.9. The third kappa shape index (κ3) is 5.79. The van der Waals surface area contributed by atoms with Gasteiger partial charge in [-0.15, -0.1) is 11.3 Å². The molecule has 0 aromatic carbocycles. The summed E-state index contributed by atoms with van der Waals surface area (Å²) in [6, 6.07) is 1.95. The summed E-state index contributed by atoms with van der Waals surface area (Å²) < 4.78 is 2.56. The van der Waals surface area contributed by atoms with E-state index in [-0.39, 0.29) is 23.8 Å². The van der Waals surface area contributed by atoms with Crippen molar-refractivity contribution in [1.82, 2.24) is 9.47 Å². The van der Waals surface area contributed by atoms with Gasteiger partial charge in [-0.1, -0.05) is 27.7 Å². The highest BCUT2D eigenvalue weighted by Crippen LogP contribution is 2.29. The van der Waals surface area contributed by atoms with Gasteiger partial charge in [-0.2, -0.15) is 11.3 Å². The molecule has 5 nitrogen and oxygen atoms in total. The maximum atomic E-state index is 13.1. The molecule has 7 heteroatoms. The van der Waals surface area contributed by atoms with Crippen molar-refractivity contribution in [3.05, 3.63) is 41.9 Å². The molecule has 30 heavy (non-hydrogen) atoms. The van der Waals surface area contributed by atoms with Gasteiger partial charge >= 0.3 is 0 Å². The van der Waals surface area contributed by atoms with Gasteiger partial charge in [-0.25, -0.2) is 0 Å². The molecule has 0 saturated heterocycles. The fourth-order valence-corrected chi connectivity index (χ4v) is 4.72. The molecule has 0 atom stereocenters. The van der Waals surface area contributed by atoms with E-state index in [4.69, 9.17) is 0 Å². The molecular formula is C23H30N2O3S2. The summed E-state index contributed by atoms with van der Waals surface area (Å²) in [5.41, 5.74) is 0.189. The molecule has 1 fully saturated rings. The second-order valence-corrected chi connectivity index (χ2v) is 10.8. The Bertz CT molecular complexity index is 1070. The topological polar surface area (TPSA) is 59.4 Å². The summed E-state index contributed by atoms with van der Waals surface area (Å²) in [5.74, 6) is 0.481. The number of thiophene rings is 1. The van der Waals surface area contributed by atoms with Crippen LogP contribution >= 0.6 is 22.7 Å². The molecule has 2 aromatic heterocycles. The predicted octanol–water partition coefficient (Wildman–Crippen LogP) is 2.84. The number of carbonyl (C=O) groups is 2. The number of rotatable bonds is 8. The number of hydrogen-bond donors (Lipinski definition) is 0. The van der Waals surface area contributed by atoms with Gasteiger partial charge in [0.05, 0.1) is 4.53 Å². The van der Waals surface area contributed by atoms with E-state index in [1.807, 2.05) is 48.6 Å². The largest absolute Gasteiger partial charge is 0.341 e. The van der Waals surface area contributed by atoms with E-state index in [2.05, 4.69) is 6.92 Å². The fraction of sp³-hybridized carbons (Fsp3) is 0.522. The Balaban J connectivity index is 2.01. The smallest absolute Gasteiger partial charge is 0.269 e. The van der Waals surface area contributed by atoms with E-state index in [1.165, 1.54) is 34.8 Å². The molecule has 1 amide bonds. The average Bonchev–Trinajstić information content (AvgIpc) is 3.26. The number of carbonyl (C=O) groups excluding carboxylic acids is 2. The van der Waals surface area contributed by atoms with E-state index in [0.717, 1.165) is 18.5 Å². The van der Waals surface area contributed by atoms with E-state index >= 15 is 0 Å². The number of amides is 1. The van der Waals surface area contributed by atoms with Crippen molar-refractivity contribution in [2.45, 2.75) is 53.5 Å². The lowest BCUT2D eigenvalue weighted by Crippen LogP contribution is -2.41. The van der Waals surface area contributed by atoms with Crippen LogP contribution in [0.1, 0.15) is 52.5 Å². The van der Waals surface area contributed by atoms with Crippen LogP contribution in [0.2, 0.25) is 0 Å². The monoisotopic (exact) mass is 446 g/mol. The minimum Gasteiger partial charge on any atom is -0.341 e. The first kappa shape index (κ1) is 22.7. The van der Waals surface area contributed by atoms with Crippen molar-refractivity contribution in [2.75, 3.05) is 13.1 Å². The third-order valence-electron chi connectivity index (χ3n) is 5.09.